The fraction of sp³-hybridized carbons (Fsp3) is 0.938. The summed E-state index contributed by atoms with van der Waals surface area (Å²) in [6.45, 7) is 4.44. The molecule has 3 nitrogen and oxygen atoms in total. The van der Waals surface area contributed by atoms with Gasteiger partial charge in [-0.15, -0.1) is 12.4 Å². The maximum Gasteiger partial charge on any atom is 0.226 e. The fourth-order valence-electron chi connectivity index (χ4n) is 4.26. The van der Waals surface area contributed by atoms with Gasteiger partial charge in [0.2, 0.25) is 5.91 Å². The lowest BCUT2D eigenvalue weighted by molar-refractivity contribution is -0.134. The molecule has 0 bridgehead atoms. The Morgan fingerprint density at radius 3 is 2.71 bits per heavy atom. The summed E-state index contributed by atoms with van der Waals surface area (Å²) >= 11 is 2.07. The zero-order chi connectivity index (χ0) is 14.2. The summed E-state index contributed by atoms with van der Waals surface area (Å²) < 4.78 is 0. The van der Waals surface area contributed by atoms with Crippen molar-refractivity contribution in [2.24, 2.45) is 11.3 Å². The van der Waals surface area contributed by atoms with E-state index in [0.29, 0.717) is 23.3 Å². The summed E-state index contributed by atoms with van der Waals surface area (Å²) in [6, 6.07) is 0.505. The third kappa shape index (κ3) is 3.53. The molecule has 3 unspecified atom stereocenters. The Balaban J connectivity index is 0.00000161. The van der Waals surface area contributed by atoms with E-state index in [1.807, 2.05) is 0 Å². The molecule has 3 rings (SSSR count). The second-order valence-electron chi connectivity index (χ2n) is 6.86. The van der Waals surface area contributed by atoms with Gasteiger partial charge < -0.3 is 10.2 Å². The van der Waals surface area contributed by atoms with Crippen LogP contribution >= 0.6 is 24.2 Å². The fourth-order valence-corrected chi connectivity index (χ4v) is 5.39. The molecule has 122 valence electrons. The van der Waals surface area contributed by atoms with Gasteiger partial charge in [-0.25, -0.2) is 0 Å². The number of nitrogens with zero attached hydrogens (tertiary/aromatic N) is 1. The van der Waals surface area contributed by atoms with Crippen LogP contribution in [0.1, 0.15) is 45.4 Å². The van der Waals surface area contributed by atoms with Gasteiger partial charge in [0, 0.05) is 24.3 Å². The highest BCUT2D eigenvalue weighted by molar-refractivity contribution is 7.99. The number of nitrogens with one attached hydrogen (secondary N) is 1. The molecule has 2 aliphatic carbocycles. The third-order valence-electron chi connectivity index (χ3n) is 5.74. The Hall–Kier alpha value is 0.0700. The highest BCUT2D eigenvalue weighted by Gasteiger charge is 2.58. The molecule has 1 N–H and O–H groups in total. The Labute approximate surface area is 139 Å². The molecule has 1 saturated heterocycles. The van der Waals surface area contributed by atoms with Crippen molar-refractivity contribution < 1.29 is 4.79 Å². The summed E-state index contributed by atoms with van der Waals surface area (Å²) in [5.41, 5.74) is 0.382. The van der Waals surface area contributed by atoms with E-state index in [1.165, 1.54) is 37.9 Å². The average molecular weight is 333 g/mol. The minimum atomic E-state index is 0. The number of hydrogen-bond donors (Lipinski definition) is 1. The number of hydrogen-bond acceptors (Lipinski definition) is 3. The molecule has 0 aromatic rings. The molecule has 21 heavy (non-hydrogen) atoms. The van der Waals surface area contributed by atoms with Gasteiger partial charge in [-0.05, 0) is 62.8 Å². The number of carbonyl (C=O) groups is 1. The van der Waals surface area contributed by atoms with Crippen molar-refractivity contribution in [3.8, 4) is 0 Å². The molecule has 0 aromatic carbocycles. The van der Waals surface area contributed by atoms with Crippen LogP contribution in [0.15, 0.2) is 0 Å². The first-order valence-electron chi connectivity index (χ1n) is 8.25. The summed E-state index contributed by atoms with van der Waals surface area (Å²) in [5, 5.41) is 4.20. The maximum absolute atomic E-state index is 12.7. The van der Waals surface area contributed by atoms with Crippen molar-refractivity contribution in [1.29, 1.82) is 0 Å². The molecule has 5 heteroatoms. The normalized spacial score (nSPS) is 33.5. The second kappa shape index (κ2) is 7.10. The van der Waals surface area contributed by atoms with E-state index >= 15 is 0 Å². The van der Waals surface area contributed by atoms with Gasteiger partial charge in [0.1, 0.15) is 0 Å². The number of piperidine rings is 1. The lowest BCUT2D eigenvalue weighted by Crippen LogP contribution is -2.39. The number of carbonyl (C=O) groups excluding carboxylic acids is 1. The van der Waals surface area contributed by atoms with Crippen molar-refractivity contribution in [2.45, 2.75) is 56.7 Å². The smallest absolute Gasteiger partial charge is 0.226 e. The summed E-state index contributed by atoms with van der Waals surface area (Å²) in [6.07, 6.45) is 7.27. The van der Waals surface area contributed by atoms with Crippen LogP contribution in [0.2, 0.25) is 0 Å². The van der Waals surface area contributed by atoms with Crippen LogP contribution in [0, 0.1) is 11.3 Å². The molecule has 1 spiro atoms. The van der Waals surface area contributed by atoms with Crippen LogP contribution in [-0.2, 0) is 4.79 Å². The third-order valence-corrected chi connectivity index (χ3v) is 6.97. The second-order valence-corrected chi connectivity index (χ2v) is 8.44. The molecule has 1 amide bonds. The van der Waals surface area contributed by atoms with E-state index in [4.69, 9.17) is 0 Å². The van der Waals surface area contributed by atoms with Crippen LogP contribution in [-0.4, -0.2) is 48.0 Å². The molecule has 3 atom stereocenters. The highest BCUT2D eigenvalue weighted by Crippen LogP contribution is 2.59. The monoisotopic (exact) mass is 332 g/mol. The highest BCUT2D eigenvalue weighted by atomic mass is 35.5. The SMILES string of the molecule is CCSC1CCC(N(C)C(=O)C2CC23CCNCC3)C1.Cl. The standard InChI is InChI=1S/C16H28N2OS.ClH/c1-3-20-13-5-4-12(10-13)18(2)15(19)14-11-16(14)6-8-17-9-7-16;/h12-14,17H,3-11H2,1-2H3;1H. The summed E-state index contributed by atoms with van der Waals surface area (Å²) in [4.78, 5) is 14.8. The van der Waals surface area contributed by atoms with E-state index in [-0.39, 0.29) is 12.4 Å². The van der Waals surface area contributed by atoms with Crippen LogP contribution in [0.5, 0.6) is 0 Å². The Morgan fingerprint density at radius 1 is 1.33 bits per heavy atom. The first-order chi connectivity index (χ1) is 9.66. The minimum Gasteiger partial charge on any atom is -0.342 e. The van der Waals surface area contributed by atoms with Crippen molar-refractivity contribution in [1.82, 2.24) is 10.2 Å². The first-order valence-corrected chi connectivity index (χ1v) is 9.30. The number of amides is 1. The molecular weight excluding hydrogens is 304 g/mol. The quantitative estimate of drug-likeness (QED) is 0.859. The zero-order valence-electron chi connectivity index (χ0n) is 13.3. The summed E-state index contributed by atoms with van der Waals surface area (Å²) in [5.74, 6) is 1.99. The van der Waals surface area contributed by atoms with E-state index in [1.54, 1.807) is 0 Å². The lowest BCUT2D eigenvalue weighted by Gasteiger charge is -2.28. The predicted octanol–water partition coefficient (Wildman–Crippen LogP) is 2.93. The largest absolute Gasteiger partial charge is 0.342 e. The van der Waals surface area contributed by atoms with E-state index in [2.05, 4.69) is 35.9 Å². The first kappa shape index (κ1) is 17.4. The topological polar surface area (TPSA) is 32.3 Å². The molecule has 1 heterocycles. The predicted molar refractivity (Wildman–Crippen MR) is 92.2 cm³/mol. The minimum absolute atomic E-state index is 0. The number of rotatable bonds is 4. The van der Waals surface area contributed by atoms with Crippen LogP contribution in [0.25, 0.3) is 0 Å². The maximum atomic E-state index is 12.7. The Morgan fingerprint density at radius 2 is 2.05 bits per heavy atom. The van der Waals surface area contributed by atoms with Crippen molar-refractivity contribution in [2.75, 3.05) is 25.9 Å². The Kier molecular flexibility index (Phi) is 5.89. The van der Waals surface area contributed by atoms with E-state index in [0.717, 1.165) is 24.8 Å². The molecule has 2 saturated carbocycles. The van der Waals surface area contributed by atoms with Crippen LogP contribution < -0.4 is 5.32 Å². The number of thioether (sulfide) groups is 1. The summed E-state index contributed by atoms with van der Waals surface area (Å²) in [7, 11) is 2.05. The molecule has 0 radical (unpaired) electrons. The van der Waals surface area contributed by atoms with E-state index < -0.39 is 0 Å². The molecular formula is C16H29ClN2OS. The van der Waals surface area contributed by atoms with Gasteiger partial charge >= 0.3 is 0 Å². The average Bonchev–Trinajstić information content (AvgIpc) is 2.94. The van der Waals surface area contributed by atoms with Crippen molar-refractivity contribution >= 4 is 30.1 Å². The van der Waals surface area contributed by atoms with Gasteiger partial charge in [0.05, 0.1) is 0 Å². The molecule has 3 fully saturated rings. The van der Waals surface area contributed by atoms with Crippen molar-refractivity contribution in [3.63, 3.8) is 0 Å². The van der Waals surface area contributed by atoms with Crippen LogP contribution in [0.3, 0.4) is 0 Å². The van der Waals surface area contributed by atoms with Crippen molar-refractivity contribution in [3.05, 3.63) is 0 Å². The van der Waals surface area contributed by atoms with Gasteiger partial charge in [-0.3, -0.25) is 4.79 Å². The van der Waals surface area contributed by atoms with Gasteiger partial charge in [-0.2, -0.15) is 11.8 Å². The van der Waals surface area contributed by atoms with Gasteiger partial charge in [-0.1, -0.05) is 6.92 Å². The van der Waals surface area contributed by atoms with Gasteiger partial charge in [0.25, 0.3) is 0 Å². The number of halogens is 1. The molecule has 1 aliphatic heterocycles. The molecule has 3 aliphatic rings. The van der Waals surface area contributed by atoms with Gasteiger partial charge in [0.15, 0.2) is 0 Å². The van der Waals surface area contributed by atoms with E-state index in [9.17, 15) is 4.79 Å². The Bertz CT molecular complexity index is 373. The van der Waals surface area contributed by atoms with Crippen LogP contribution in [0.4, 0.5) is 0 Å². The zero-order valence-corrected chi connectivity index (χ0v) is 14.9. The lowest BCUT2D eigenvalue weighted by atomic mass is 9.91. The molecule has 0 aromatic heterocycles.